The fourth-order valence-corrected chi connectivity index (χ4v) is 1.61. The molecular weight excluding hydrogens is 256 g/mol. The summed E-state index contributed by atoms with van der Waals surface area (Å²) >= 11 is 6.84. The first-order valence-corrected chi connectivity index (χ1v) is 4.96. The molecule has 1 aromatic rings. The van der Waals surface area contributed by atoms with Crippen LogP contribution in [0, 0.1) is 6.07 Å². The molecule has 0 N–H and O–H groups in total. The lowest BCUT2D eigenvalue weighted by atomic mass is 10.2. The summed E-state index contributed by atoms with van der Waals surface area (Å²) in [5.41, 5.74) is 1.30. The Morgan fingerprint density at radius 3 is 2.90 bits per heavy atom. The van der Waals surface area contributed by atoms with Gasteiger partial charge in [-0.1, -0.05) is 44.0 Å². The lowest BCUT2D eigenvalue weighted by Gasteiger charge is -1.98. The smallest absolute Gasteiger partial charge is 0.0208 e. The van der Waals surface area contributed by atoms with Crippen molar-refractivity contribution in [3.63, 3.8) is 0 Å². The third-order valence-electron chi connectivity index (χ3n) is 1.25. The van der Waals surface area contributed by atoms with Crippen LogP contribution in [0.4, 0.5) is 0 Å². The Labute approximate surface area is 77.9 Å². The lowest BCUT2D eigenvalue weighted by Crippen LogP contribution is -1.85. The second-order valence-corrected chi connectivity index (χ2v) is 3.60. The van der Waals surface area contributed by atoms with E-state index in [-0.39, 0.29) is 0 Å². The third-order valence-corrected chi connectivity index (χ3v) is 2.42. The quantitative estimate of drug-likeness (QED) is 0.719. The minimum Gasteiger partial charge on any atom is -0.0924 e. The van der Waals surface area contributed by atoms with Crippen LogP contribution in [0.25, 0.3) is 0 Å². The molecule has 53 valence electrons. The Morgan fingerprint density at radius 1 is 1.50 bits per heavy atom. The zero-order valence-corrected chi connectivity index (χ0v) is 8.57. The molecule has 0 amide bonds. The normalized spacial score (nSPS) is 9.80. The predicted molar refractivity (Wildman–Crippen MR) is 50.5 cm³/mol. The van der Waals surface area contributed by atoms with Crippen LogP contribution in [0.15, 0.2) is 22.7 Å². The van der Waals surface area contributed by atoms with Crippen molar-refractivity contribution in [1.29, 1.82) is 0 Å². The highest BCUT2D eigenvalue weighted by Crippen LogP contribution is 2.16. The number of aryl methyl sites for hydroxylation is 1. The summed E-state index contributed by atoms with van der Waals surface area (Å²) in [6, 6.07) is 8.96. The number of rotatable bonds is 2. The van der Waals surface area contributed by atoms with Crippen molar-refractivity contribution in [3.8, 4) is 0 Å². The van der Waals surface area contributed by atoms with Gasteiger partial charge >= 0.3 is 0 Å². The Kier molecular flexibility index (Phi) is 3.43. The molecule has 1 radical (unpaired) electrons. The van der Waals surface area contributed by atoms with Gasteiger partial charge in [0.2, 0.25) is 0 Å². The van der Waals surface area contributed by atoms with Gasteiger partial charge in [-0.2, -0.15) is 0 Å². The van der Waals surface area contributed by atoms with E-state index in [9.17, 15) is 0 Å². The van der Waals surface area contributed by atoms with Gasteiger partial charge in [-0.15, -0.1) is 0 Å². The van der Waals surface area contributed by atoms with Crippen molar-refractivity contribution in [2.24, 2.45) is 0 Å². The summed E-state index contributed by atoms with van der Waals surface area (Å²) in [5, 5.41) is 1.00. The Morgan fingerprint density at radius 2 is 2.30 bits per heavy atom. The number of benzene rings is 1. The molecular formula is C8H7Br2. The molecule has 0 nitrogen and oxygen atoms in total. The van der Waals surface area contributed by atoms with Gasteiger partial charge in [0.25, 0.3) is 0 Å². The van der Waals surface area contributed by atoms with E-state index < -0.39 is 0 Å². The van der Waals surface area contributed by atoms with Crippen molar-refractivity contribution >= 4 is 31.9 Å². The van der Waals surface area contributed by atoms with Crippen molar-refractivity contribution in [1.82, 2.24) is 0 Å². The van der Waals surface area contributed by atoms with Gasteiger partial charge in [0.15, 0.2) is 0 Å². The van der Waals surface area contributed by atoms with Gasteiger partial charge in [0.05, 0.1) is 0 Å². The van der Waals surface area contributed by atoms with E-state index in [0.717, 1.165) is 11.8 Å². The highest BCUT2D eigenvalue weighted by Gasteiger charge is 1.94. The van der Waals surface area contributed by atoms with Crippen LogP contribution >= 0.6 is 31.9 Å². The molecule has 0 saturated carbocycles. The topological polar surface area (TPSA) is 0 Å². The summed E-state index contributed by atoms with van der Waals surface area (Å²) in [6.45, 7) is 0. The molecule has 1 rings (SSSR count). The second kappa shape index (κ2) is 4.14. The molecule has 2 heteroatoms. The standard InChI is InChI=1S/C8H7Br2/c9-6-5-7-3-1-2-4-8(7)10/h2-4H,5-6H2. The van der Waals surface area contributed by atoms with E-state index in [1.165, 1.54) is 10.0 Å². The SMILES string of the molecule is BrCCc1c[c]ccc1Br. The second-order valence-electron chi connectivity index (χ2n) is 1.96. The molecule has 0 aliphatic heterocycles. The Balaban J connectivity index is 2.81. The molecule has 0 aliphatic rings. The molecule has 0 atom stereocenters. The average Bonchev–Trinajstić information content (AvgIpc) is 1.94. The minimum absolute atomic E-state index is 1.00. The van der Waals surface area contributed by atoms with Crippen LogP contribution in [0.2, 0.25) is 0 Å². The van der Waals surface area contributed by atoms with Crippen LogP contribution in [-0.4, -0.2) is 5.33 Å². The summed E-state index contributed by atoms with van der Waals surface area (Å²) in [5.74, 6) is 0. The van der Waals surface area contributed by atoms with Crippen LogP contribution in [0.5, 0.6) is 0 Å². The number of hydrogen-bond acceptors (Lipinski definition) is 0. The maximum absolute atomic E-state index is 3.46. The fourth-order valence-electron chi connectivity index (χ4n) is 0.739. The molecule has 0 saturated heterocycles. The summed E-state index contributed by atoms with van der Waals surface area (Å²) in [7, 11) is 0. The first-order chi connectivity index (χ1) is 4.84. The van der Waals surface area contributed by atoms with Crippen LogP contribution in [0.1, 0.15) is 5.56 Å². The molecule has 0 heterocycles. The van der Waals surface area contributed by atoms with E-state index >= 15 is 0 Å². The van der Waals surface area contributed by atoms with Crippen molar-refractivity contribution in [2.45, 2.75) is 6.42 Å². The molecule has 0 unspecified atom stereocenters. The highest BCUT2D eigenvalue weighted by atomic mass is 79.9. The fraction of sp³-hybridized carbons (Fsp3) is 0.250. The Bertz CT molecular complexity index is 208. The lowest BCUT2D eigenvalue weighted by molar-refractivity contribution is 1.15. The van der Waals surface area contributed by atoms with E-state index in [4.69, 9.17) is 0 Å². The van der Waals surface area contributed by atoms with Gasteiger partial charge < -0.3 is 0 Å². The number of hydrogen-bond donors (Lipinski definition) is 0. The number of alkyl halides is 1. The Hall–Kier alpha value is 0.180. The highest BCUT2D eigenvalue weighted by molar-refractivity contribution is 9.10. The first kappa shape index (κ1) is 8.28. The largest absolute Gasteiger partial charge is 0.0924 e. The van der Waals surface area contributed by atoms with Gasteiger partial charge in [0.1, 0.15) is 0 Å². The van der Waals surface area contributed by atoms with E-state index in [1.54, 1.807) is 0 Å². The third kappa shape index (κ3) is 2.10. The molecule has 1 aromatic carbocycles. The molecule has 0 aliphatic carbocycles. The van der Waals surface area contributed by atoms with Crippen LogP contribution in [0.3, 0.4) is 0 Å². The number of halogens is 2. The van der Waals surface area contributed by atoms with Crippen LogP contribution < -0.4 is 0 Å². The van der Waals surface area contributed by atoms with Gasteiger partial charge in [-0.25, -0.2) is 0 Å². The average molecular weight is 263 g/mol. The summed E-state index contributed by atoms with van der Waals surface area (Å²) in [6.07, 6.45) is 1.05. The van der Waals surface area contributed by atoms with E-state index in [2.05, 4.69) is 37.9 Å². The zero-order valence-electron chi connectivity index (χ0n) is 5.40. The maximum Gasteiger partial charge on any atom is 0.0208 e. The molecule has 0 fully saturated rings. The van der Waals surface area contributed by atoms with Crippen LogP contribution in [-0.2, 0) is 6.42 Å². The first-order valence-electron chi connectivity index (χ1n) is 3.05. The molecule has 10 heavy (non-hydrogen) atoms. The van der Waals surface area contributed by atoms with Crippen molar-refractivity contribution in [3.05, 3.63) is 34.3 Å². The maximum atomic E-state index is 3.46. The van der Waals surface area contributed by atoms with Gasteiger partial charge in [-0.05, 0) is 24.1 Å². The van der Waals surface area contributed by atoms with E-state index in [1.807, 2.05) is 18.2 Å². The molecule has 0 bridgehead atoms. The predicted octanol–water partition coefficient (Wildman–Crippen LogP) is 3.19. The monoisotopic (exact) mass is 261 g/mol. The zero-order chi connectivity index (χ0) is 7.40. The molecule has 0 aromatic heterocycles. The van der Waals surface area contributed by atoms with E-state index in [0.29, 0.717) is 0 Å². The summed E-state index contributed by atoms with van der Waals surface area (Å²) in [4.78, 5) is 0. The summed E-state index contributed by atoms with van der Waals surface area (Å²) < 4.78 is 1.17. The van der Waals surface area contributed by atoms with Crippen molar-refractivity contribution < 1.29 is 0 Å². The minimum atomic E-state index is 1.00. The molecule has 0 spiro atoms. The van der Waals surface area contributed by atoms with Crippen molar-refractivity contribution in [2.75, 3.05) is 5.33 Å². The van der Waals surface area contributed by atoms with Gasteiger partial charge in [-0.3, -0.25) is 0 Å². The van der Waals surface area contributed by atoms with Gasteiger partial charge in [0, 0.05) is 9.80 Å².